The molecule has 0 aliphatic heterocycles. The molecule has 1 heteroatoms. The lowest BCUT2D eigenvalue weighted by atomic mass is 9.83. The highest BCUT2D eigenvalue weighted by Crippen LogP contribution is 2.45. The van der Waals surface area contributed by atoms with Crippen molar-refractivity contribution in [3.8, 4) is 5.75 Å². The van der Waals surface area contributed by atoms with Crippen molar-refractivity contribution in [2.45, 2.75) is 32.1 Å². The van der Waals surface area contributed by atoms with Crippen LogP contribution in [0, 0.1) is 0 Å². The number of hydrogen-bond acceptors (Lipinski definition) is 1. The lowest BCUT2D eigenvalue weighted by Crippen LogP contribution is -2.12. The van der Waals surface area contributed by atoms with Crippen LogP contribution in [0.3, 0.4) is 0 Å². The fraction of sp³-hybridized carbons (Fsp3) is 0.185. The number of aromatic hydroxyl groups is 1. The van der Waals surface area contributed by atoms with Crippen molar-refractivity contribution in [3.63, 3.8) is 0 Å². The lowest BCUT2D eigenvalue weighted by Gasteiger charge is -2.22. The van der Waals surface area contributed by atoms with Gasteiger partial charge in [0, 0.05) is 11.5 Å². The number of rotatable bonds is 3. The van der Waals surface area contributed by atoms with Crippen LogP contribution in [0.4, 0.5) is 0 Å². The van der Waals surface area contributed by atoms with Crippen molar-refractivity contribution in [1.82, 2.24) is 0 Å². The zero-order valence-electron chi connectivity index (χ0n) is 16.7. The summed E-state index contributed by atoms with van der Waals surface area (Å²) in [6, 6.07) is 27.1. The molecule has 0 saturated heterocycles. The fourth-order valence-corrected chi connectivity index (χ4v) is 3.94. The third-order valence-electron chi connectivity index (χ3n) is 5.39. The molecule has 1 N–H and O–H groups in total. The molecule has 1 aliphatic rings. The molecule has 0 spiro atoms. The molecule has 0 bridgehead atoms. The molecule has 3 aromatic carbocycles. The second-order valence-electron chi connectivity index (χ2n) is 8.41. The smallest absolute Gasteiger partial charge is 0.123 e. The first kappa shape index (κ1) is 18.3. The van der Waals surface area contributed by atoms with E-state index >= 15 is 0 Å². The first-order valence-corrected chi connectivity index (χ1v) is 9.82. The van der Waals surface area contributed by atoms with E-state index in [2.05, 4.69) is 87.5 Å². The zero-order valence-corrected chi connectivity index (χ0v) is 16.7. The van der Waals surface area contributed by atoms with Crippen LogP contribution >= 0.6 is 0 Å². The monoisotopic (exact) mass is 366 g/mol. The topological polar surface area (TPSA) is 20.2 Å². The Morgan fingerprint density at radius 3 is 1.61 bits per heavy atom. The third-order valence-corrected chi connectivity index (χ3v) is 5.39. The molecular weight excluding hydrogens is 340 g/mol. The van der Waals surface area contributed by atoms with Gasteiger partial charge in [-0.05, 0) is 33.3 Å². The van der Waals surface area contributed by atoms with Crippen LogP contribution in [-0.4, -0.2) is 5.11 Å². The van der Waals surface area contributed by atoms with Crippen molar-refractivity contribution in [2.24, 2.45) is 0 Å². The van der Waals surface area contributed by atoms with Gasteiger partial charge in [-0.25, -0.2) is 0 Å². The standard InChI is InChI=1S/C27H26O/c1-27(2,3)25-16-10-15-22(26(25)28)21-17-23(19-11-6-4-7-12-19)24(18-21)20-13-8-5-9-14-20/h4-18,21,28H,1-3H3. The Balaban J connectivity index is 1.85. The summed E-state index contributed by atoms with van der Waals surface area (Å²) in [6.07, 6.45) is 4.55. The summed E-state index contributed by atoms with van der Waals surface area (Å²) in [5.41, 5.74) is 6.69. The zero-order chi connectivity index (χ0) is 19.7. The molecule has 0 fully saturated rings. The number of benzene rings is 3. The average molecular weight is 367 g/mol. The van der Waals surface area contributed by atoms with E-state index in [-0.39, 0.29) is 11.3 Å². The van der Waals surface area contributed by atoms with Crippen LogP contribution in [0.2, 0.25) is 0 Å². The van der Waals surface area contributed by atoms with Crippen molar-refractivity contribution < 1.29 is 5.11 Å². The van der Waals surface area contributed by atoms with E-state index in [1.54, 1.807) is 0 Å². The molecular formula is C27H26O. The molecule has 0 heterocycles. The fourth-order valence-electron chi connectivity index (χ4n) is 3.94. The first-order valence-electron chi connectivity index (χ1n) is 9.82. The summed E-state index contributed by atoms with van der Waals surface area (Å²) in [7, 11) is 0. The lowest BCUT2D eigenvalue weighted by molar-refractivity contribution is 0.440. The molecule has 28 heavy (non-hydrogen) atoms. The van der Waals surface area contributed by atoms with E-state index in [9.17, 15) is 5.11 Å². The van der Waals surface area contributed by atoms with Gasteiger partial charge in [0.15, 0.2) is 0 Å². The highest BCUT2D eigenvalue weighted by atomic mass is 16.3. The van der Waals surface area contributed by atoms with Crippen molar-refractivity contribution >= 4 is 11.1 Å². The summed E-state index contributed by atoms with van der Waals surface area (Å²) in [5, 5.41) is 11.0. The van der Waals surface area contributed by atoms with Gasteiger partial charge in [-0.3, -0.25) is 0 Å². The minimum Gasteiger partial charge on any atom is -0.507 e. The summed E-state index contributed by atoms with van der Waals surface area (Å²) >= 11 is 0. The summed E-state index contributed by atoms with van der Waals surface area (Å²) in [5.74, 6) is 0.460. The molecule has 1 aliphatic carbocycles. The number of phenols is 1. The molecule has 140 valence electrons. The highest BCUT2D eigenvalue weighted by molar-refractivity contribution is 6.08. The Morgan fingerprint density at radius 1 is 0.643 bits per heavy atom. The van der Waals surface area contributed by atoms with E-state index in [0.29, 0.717) is 5.75 Å². The van der Waals surface area contributed by atoms with Crippen LogP contribution < -0.4 is 0 Å². The van der Waals surface area contributed by atoms with Crippen molar-refractivity contribution in [2.75, 3.05) is 0 Å². The van der Waals surface area contributed by atoms with E-state index in [0.717, 1.165) is 11.1 Å². The van der Waals surface area contributed by atoms with Crippen LogP contribution in [0.25, 0.3) is 11.1 Å². The van der Waals surface area contributed by atoms with E-state index in [4.69, 9.17) is 0 Å². The maximum absolute atomic E-state index is 11.0. The Bertz CT molecular complexity index is 979. The summed E-state index contributed by atoms with van der Waals surface area (Å²) < 4.78 is 0. The van der Waals surface area contributed by atoms with Gasteiger partial charge >= 0.3 is 0 Å². The van der Waals surface area contributed by atoms with E-state index < -0.39 is 0 Å². The van der Waals surface area contributed by atoms with Gasteiger partial charge in [0.25, 0.3) is 0 Å². The van der Waals surface area contributed by atoms with Gasteiger partial charge < -0.3 is 5.11 Å². The normalized spacial score (nSPS) is 14.7. The SMILES string of the molecule is CC(C)(C)c1cccc(C2C=C(c3ccccc3)C(c3ccccc3)=C2)c1O. The highest BCUT2D eigenvalue weighted by Gasteiger charge is 2.26. The summed E-state index contributed by atoms with van der Waals surface area (Å²) in [4.78, 5) is 0. The molecule has 0 amide bonds. The molecule has 0 aromatic heterocycles. The largest absolute Gasteiger partial charge is 0.507 e. The molecule has 0 radical (unpaired) electrons. The van der Waals surface area contributed by atoms with Gasteiger partial charge in [0.1, 0.15) is 5.75 Å². The van der Waals surface area contributed by atoms with Gasteiger partial charge in [0.05, 0.1) is 0 Å². The predicted octanol–water partition coefficient (Wildman–Crippen LogP) is 6.95. The Kier molecular flexibility index (Phi) is 4.68. The van der Waals surface area contributed by atoms with Gasteiger partial charge in [-0.15, -0.1) is 0 Å². The van der Waals surface area contributed by atoms with Crippen molar-refractivity contribution in [1.29, 1.82) is 0 Å². The third kappa shape index (κ3) is 3.41. The number of hydrogen-bond donors (Lipinski definition) is 1. The van der Waals surface area contributed by atoms with Crippen LogP contribution in [-0.2, 0) is 5.41 Å². The number of allylic oxidation sites excluding steroid dienone is 4. The Hall–Kier alpha value is -3.06. The van der Waals surface area contributed by atoms with Crippen LogP contribution in [0.5, 0.6) is 5.75 Å². The second-order valence-corrected chi connectivity index (χ2v) is 8.41. The Morgan fingerprint density at radius 2 is 1.14 bits per heavy atom. The molecule has 1 nitrogen and oxygen atoms in total. The van der Waals surface area contributed by atoms with Gasteiger partial charge in [-0.1, -0.05) is 112 Å². The number of para-hydroxylation sites is 1. The molecule has 0 unspecified atom stereocenters. The maximum Gasteiger partial charge on any atom is 0.123 e. The molecule has 0 saturated carbocycles. The van der Waals surface area contributed by atoms with Gasteiger partial charge in [0.2, 0.25) is 0 Å². The summed E-state index contributed by atoms with van der Waals surface area (Å²) in [6.45, 7) is 6.41. The Labute approximate surface area is 167 Å². The van der Waals surface area contributed by atoms with E-state index in [1.807, 2.05) is 24.3 Å². The maximum atomic E-state index is 11.0. The quantitative estimate of drug-likeness (QED) is 0.531. The van der Waals surface area contributed by atoms with E-state index in [1.165, 1.54) is 22.3 Å². The molecule has 0 atom stereocenters. The minimum absolute atomic E-state index is 0.0488. The number of phenolic OH excluding ortho intramolecular Hbond substituents is 1. The second kappa shape index (κ2) is 7.16. The predicted molar refractivity (Wildman–Crippen MR) is 118 cm³/mol. The molecule has 4 rings (SSSR count). The average Bonchev–Trinajstić information content (AvgIpc) is 3.14. The van der Waals surface area contributed by atoms with Crippen LogP contribution in [0.15, 0.2) is 91.0 Å². The first-order chi connectivity index (χ1) is 13.4. The molecule has 3 aromatic rings. The minimum atomic E-state index is -0.101. The van der Waals surface area contributed by atoms with Crippen LogP contribution in [0.1, 0.15) is 48.9 Å². The van der Waals surface area contributed by atoms with Gasteiger partial charge in [-0.2, -0.15) is 0 Å². The van der Waals surface area contributed by atoms with Crippen molar-refractivity contribution in [3.05, 3.63) is 113 Å².